The van der Waals surface area contributed by atoms with E-state index in [4.69, 9.17) is 9.47 Å². The van der Waals surface area contributed by atoms with Crippen LogP contribution in [0.15, 0.2) is 36.7 Å². The molecule has 5 heterocycles. The quantitative estimate of drug-likeness (QED) is 0.496. The molecule has 9 nitrogen and oxygen atoms in total. The van der Waals surface area contributed by atoms with Crippen molar-refractivity contribution in [2.45, 2.75) is 27.2 Å². The van der Waals surface area contributed by atoms with Gasteiger partial charge in [0.15, 0.2) is 11.6 Å². The lowest BCUT2D eigenvalue weighted by Gasteiger charge is -2.21. The van der Waals surface area contributed by atoms with E-state index in [1.54, 1.807) is 6.20 Å². The summed E-state index contributed by atoms with van der Waals surface area (Å²) >= 11 is 0. The maximum atomic E-state index is 6.21. The van der Waals surface area contributed by atoms with Gasteiger partial charge >= 0.3 is 0 Å². The molecule has 1 fully saturated rings. The lowest BCUT2D eigenvalue weighted by Crippen LogP contribution is -2.25. The highest BCUT2D eigenvalue weighted by atomic mass is 16.5. The number of aryl methyl sites for hydroxylation is 3. The van der Waals surface area contributed by atoms with E-state index < -0.39 is 0 Å². The van der Waals surface area contributed by atoms with Crippen LogP contribution in [0.1, 0.15) is 24.9 Å². The summed E-state index contributed by atoms with van der Waals surface area (Å²) in [4.78, 5) is 8.75. The van der Waals surface area contributed by atoms with Crippen LogP contribution in [-0.2, 0) is 11.8 Å². The van der Waals surface area contributed by atoms with Crippen molar-refractivity contribution in [1.82, 2.24) is 29.4 Å². The molecule has 166 valence electrons. The number of nitrogens with zero attached hydrogens (tertiary/aromatic N) is 6. The Morgan fingerprint density at radius 3 is 2.84 bits per heavy atom. The van der Waals surface area contributed by atoms with Crippen LogP contribution in [-0.4, -0.2) is 49.2 Å². The van der Waals surface area contributed by atoms with Crippen molar-refractivity contribution in [1.29, 1.82) is 0 Å². The fourth-order valence-corrected chi connectivity index (χ4v) is 4.04. The highest BCUT2D eigenvalue weighted by Crippen LogP contribution is 2.34. The van der Waals surface area contributed by atoms with E-state index in [2.05, 4.69) is 38.5 Å². The Kier molecular flexibility index (Phi) is 5.05. The average molecular weight is 434 g/mol. The maximum absolute atomic E-state index is 6.21. The molecule has 0 bridgehead atoms. The van der Waals surface area contributed by atoms with E-state index in [9.17, 15) is 0 Å². The highest BCUT2D eigenvalue weighted by Gasteiger charge is 2.31. The number of aromatic nitrogens is 6. The Hall–Kier alpha value is -3.46. The lowest BCUT2D eigenvalue weighted by atomic mass is 9.91. The van der Waals surface area contributed by atoms with E-state index in [1.807, 2.05) is 54.5 Å². The van der Waals surface area contributed by atoms with Gasteiger partial charge in [-0.25, -0.2) is 14.5 Å². The first-order valence-electron chi connectivity index (χ1n) is 10.7. The number of anilines is 2. The molecule has 32 heavy (non-hydrogen) atoms. The Balaban J connectivity index is 1.41. The summed E-state index contributed by atoms with van der Waals surface area (Å²) < 4.78 is 15.4. The number of hydrogen-bond donors (Lipinski definition) is 1. The fraction of sp³-hybridized carbons (Fsp3) is 0.391. The second-order valence-corrected chi connectivity index (χ2v) is 8.76. The minimum atomic E-state index is 0.0424. The fourth-order valence-electron chi connectivity index (χ4n) is 4.04. The molecule has 0 aromatic carbocycles. The van der Waals surface area contributed by atoms with Gasteiger partial charge in [-0.2, -0.15) is 10.2 Å². The van der Waals surface area contributed by atoms with E-state index in [1.165, 1.54) is 0 Å². The van der Waals surface area contributed by atoms with E-state index in [-0.39, 0.29) is 5.41 Å². The predicted molar refractivity (Wildman–Crippen MR) is 121 cm³/mol. The van der Waals surface area contributed by atoms with Gasteiger partial charge in [0.05, 0.1) is 24.9 Å². The molecule has 1 aliphatic heterocycles. The molecule has 0 unspecified atom stereocenters. The van der Waals surface area contributed by atoms with Gasteiger partial charge in [-0.3, -0.25) is 4.68 Å². The first-order valence-corrected chi connectivity index (χ1v) is 10.7. The minimum absolute atomic E-state index is 0.0424. The van der Waals surface area contributed by atoms with Gasteiger partial charge in [-0.15, -0.1) is 0 Å². The molecule has 4 aromatic rings. The van der Waals surface area contributed by atoms with Crippen molar-refractivity contribution in [3.63, 3.8) is 0 Å². The molecular weight excluding hydrogens is 406 g/mol. The topological polar surface area (TPSA) is 91.4 Å². The monoisotopic (exact) mass is 433 g/mol. The molecule has 1 N–H and O–H groups in total. The van der Waals surface area contributed by atoms with Crippen molar-refractivity contribution in [3.8, 4) is 17.0 Å². The predicted octanol–water partition coefficient (Wildman–Crippen LogP) is 3.69. The molecule has 0 amide bonds. The largest absolute Gasteiger partial charge is 0.489 e. The maximum Gasteiger partial charge on any atom is 0.165 e. The van der Waals surface area contributed by atoms with Crippen molar-refractivity contribution < 1.29 is 9.47 Å². The van der Waals surface area contributed by atoms with E-state index >= 15 is 0 Å². The summed E-state index contributed by atoms with van der Waals surface area (Å²) in [6.07, 6.45) is 4.72. The summed E-state index contributed by atoms with van der Waals surface area (Å²) in [6, 6.07) is 7.99. The molecule has 0 aliphatic carbocycles. The number of nitrogens with one attached hydrogen (secondary N) is 1. The van der Waals surface area contributed by atoms with Gasteiger partial charge < -0.3 is 14.8 Å². The van der Waals surface area contributed by atoms with Crippen LogP contribution in [0.25, 0.3) is 16.8 Å². The molecule has 1 atom stereocenters. The van der Waals surface area contributed by atoms with Crippen LogP contribution in [0.2, 0.25) is 0 Å². The summed E-state index contributed by atoms with van der Waals surface area (Å²) in [5, 5.41) is 12.3. The number of pyridine rings is 1. The molecular formula is C23H27N7O2. The van der Waals surface area contributed by atoms with Crippen LogP contribution in [0, 0.1) is 19.3 Å². The zero-order chi connectivity index (χ0) is 22.3. The SMILES string of the molecule is Cc1cc(Nc2cc3cc(-c4c(OC[C@]5(C)CCOC5)cnn4C)ccn3n2)nc(C)n1. The molecule has 1 saturated heterocycles. The molecule has 0 radical (unpaired) electrons. The van der Waals surface area contributed by atoms with E-state index in [0.717, 1.165) is 65.3 Å². The van der Waals surface area contributed by atoms with Crippen LogP contribution in [0.3, 0.4) is 0 Å². The van der Waals surface area contributed by atoms with Gasteiger partial charge in [0.2, 0.25) is 0 Å². The molecule has 5 rings (SSSR count). The van der Waals surface area contributed by atoms with E-state index in [0.29, 0.717) is 6.61 Å². The molecule has 0 saturated carbocycles. The van der Waals surface area contributed by atoms with Crippen molar-refractivity contribution in [3.05, 3.63) is 48.2 Å². The van der Waals surface area contributed by atoms with Crippen LogP contribution in [0.4, 0.5) is 11.6 Å². The highest BCUT2D eigenvalue weighted by molar-refractivity contribution is 5.72. The van der Waals surface area contributed by atoms with Gasteiger partial charge in [-0.05, 0) is 32.4 Å². The Labute approximate surface area is 186 Å². The summed E-state index contributed by atoms with van der Waals surface area (Å²) in [6.45, 7) is 8.15. The standard InChI is InChI=1S/C23H27N7O2/c1-15-9-20(26-16(2)25-15)27-21-11-18-10-17(5-7-30(18)28-21)22-19(12-24-29(22)4)32-14-23(3)6-8-31-13-23/h5,7,9-12H,6,8,13-14H2,1-4H3,(H,25,26,27,28)/t23-/m1/s1. The Morgan fingerprint density at radius 1 is 1.19 bits per heavy atom. The van der Waals surface area contributed by atoms with Gasteiger partial charge in [0.1, 0.15) is 17.3 Å². The normalized spacial score (nSPS) is 18.4. The minimum Gasteiger partial charge on any atom is -0.489 e. The number of fused-ring (bicyclic) bond motifs is 1. The van der Waals surface area contributed by atoms with Crippen LogP contribution < -0.4 is 10.1 Å². The third-order valence-electron chi connectivity index (χ3n) is 5.74. The molecule has 4 aromatic heterocycles. The smallest absolute Gasteiger partial charge is 0.165 e. The van der Waals surface area contributed by atoms with Gasteiger partial charge in [0, 0.05) is 48.7 Å². The van der Waals surface area contributed by atoms with Crippen molar-refractivity contribution in [2.75, 3.05) is 25.1 Å². The first kappa shape index (κ1) is 20.4. The van der Waals surface area contributed by atoms with Crippen LogP contribution >= 0.6 is 0 Å². The first-order chi connectivity index (χ1) is 15.4. The Bertz CT molecular complexity index is 1250. The summed E-state index contributed by atoms with van der Waals surface area (Å²) in [5.74, 6) is 2.94. The van der Waals surface area contributed by atoms with Gasteiger partial charge in [-0.1, -0.05) is 6.92 Å². The molecule has 9 heteroatoms. The average Bonchev–Trinajstić information content (AvgIpc) is 3.43. The number of rotatable bonds is 6. The third-order valence-corrected chi connectivity index (χ3v) is 5.74. The Morgan fingerprint density at radius 2 is 2.06 bits per heavy atom. The number of ether oxygens (including phenoxy) is 2. The second-order valence-electron chi connectivity index (χ2n) is 8.76. The third kappa shape index (κ3) is 4.03. The zero-order valence-corrected chi connectivity index (χ0v) is 18.8. The van der Waals surface area contributed by atoms with Gasteiger partial charge in [0.25, 0.3) is 0 Å². The van der Waals surface area contributed by atoms with Crippen molar-refractivity contribution >= 4 is 17.2 Å². The molecule has 1 aliphatic rings. The lowest BCUT2D eigenvalue weighted by molar-refractivity contribution is 0.118. The summed E-state index contributed by atoms with van der Waals surface area (Å²) in [7, 11) is 1.93. The molecule has 0 spiro atoms. The summed E-state index contributed by atoms with van der Waals surface area (Å²) in [5.41, 5.74) is 3.86. The zero-order valence-electron chi connectivity index (χ0n) is 18.8. The second kappa shape index (κ2) is 7.90. The van der Waals surface area contributed by atoms with Crippen LogP contribution in [0.5, 0.6) is 5.75 Å². The number of hydrogen-bond acceptors (Lipinski definition) is 7. The van der Waals surface area contributed by atoms with Crippen molar-refractivity contribution in [2.24, 2.45) is 12.5 Å².